The van der Waals surface area contributed by atoms with Crippen molar-refractivity contribution in [1.82, 2.24) is 15.2 Å². The van der Waals surface area contributed by atoms with Gasteiger partial charge in [0.1, 0.15) is 5.69 Å². The largest absolute Gasteiger partial charge is 0.391 e. The van der Waals surface area contributed by atoms with Crippen LogP contribution >= 0.6 is 0 Å². The summed E-state index contributed by atoms with van der Waals surface area (Å²) in [5.41, 5.74) is 0.0333. The van der Waals surface area contributed by atoms with Gasteiger partial charge in [-0.15, -0.1) is 0 Å². The van der Waals surface area contributed by atoms with Crippen LogP contribution in [0.2, 0.25) is 0 Å². The van der Waals surface area contributed by atoms with E-state index < -0.39 is 11.6 Å². The molecule has 1 unspecified atom stereocenters. The van der Waals surface area contributed by atoms with Crippen molar-refractivity contribution < 1.29 is 9.90 Å². The van der Waals surface area contributed by atoms with Crippen LogP contribution in [0.1, 0.15) is 50.1 Å². The summed E-state index contributed by atoms with van der Waals surface area (Å²) in [6, 6.07) is 4.13. The van der Waals surface area contributed by atoms with E-state index in [9.17, 15) is 9.90 Å². The van der Waals surface area contributed by atoms with Crippen molar-refractivity contribution in [3.8, 4) is 0 Å². The minimum absolute atomic E-state index is 0.126. The Morgan fingerprint density at radius 1 is 1.50 bits per heavy atom. The second kappa shape index (κ2) is 5.97. The molecule has 3 N–H and O–H groups in total. The van der Waals surface area contributed by atoms with Crippen molar-refractivity contribution >= 4 is 5.91 Å². The summed E-state index contributed by atoms with van der Waals surface area (Å²) in [7, 11) is 0. The van der Waals surface area contributed by atoms with Crippen molar-refractivity contribution in [3.63, 3.8) is 0 Å². The molecule has 2 rings (SSSR count). The first-order chi connectivity index (χ1) is 9.42. The van der Waals surface area contributed by atoms with E-state index in [1.807, 2.05) is 32.2 Å². The zero-order valence-electron chi connectivity index (χ0n) is 12.5. The Morgan fingerprint density at radius 2 is 2.15 bits per heavy atom. The van der Waals surface area contributed by atoms with Crippen molar-refractivity contribution in [1.29, 1.82) is 0 Å². The molecule has 1 aliphatic rings. The molecule has 0 aliphatic carbocycles. The maximum Gasteiger partial charge on any atom is 0.268 e. The van der Waals surface area contributed by atoms with Crippen molar-refractivity contribution in [2.24, 2.45) is 0 Å². The lowest BCUT2D eigenvalue weighted by molar-refractivity contribution is 0.0699. The van der Waals surface area contributed by atoms with Gasteiger partial charge in [0, 0.05) is 12.2 Å². The van der Waals surface area contributed by atoms with E-state index in [2.05, 4.69) is 15.2 Å². The van der Waals surface area contributed by atoms with Gasteiger partial charge in [0.25, 0.3) is 5.91 Å². The molecule has 5 heteroatoms. The second-order valence-corrected chi connectivity index (χ2v) is 6.13. The lowest BCUT2D eigenvalue weighted by Gasteiger charge is -2.31. The average Bonchev–Trinajstić information content (AvgIpc) is 2.88. The van der Waals surface area contributed by atoms with Crippen LogP contribution in [0.4, 0.5) is 0 Å². The van der Waals surface area contributed by atoms with Gasteiger partial charge in [-0.3, -0.25) is 4.79 Å². The topological polar surface area (TPSA) is 66.3 Å². The molecule has 1 atom stereocenters. The van der Waals surface area contributed by atoms with Gasteiger partial charge < -0.3 is 20.3 Å². The van der Waals surface area contributed by atoms with Crippen LogP contribution in [0.25, 0.3) is 0 Å². The monoisotopic (exact) mass is 279 g/mol. The second-order valence-electron chi connectivity index (χ2n) is 6.13. The third kappa shape index (κ3) is 3.22. The van der Waals surface area contributed by atoms with Crippen LogP contribution in [0.3, 0.4) is 0 Å². The molecule has 1 amide bonds. The number of carbonyl (C=O) groups excluding carboxylic acids is 1. The van der Waals surface area contributed by atoms with E-state index in [4.69, 9.17) is 0 Å². The SMILES string of the molecule is CC(O)C(C)(C)NC(=O)c1cccn1C1CCNCC1. The summed E-state index contributed by atoms with van der Waals surface area (Å²) < 4.78 is 2.06. The molecular formula is C15H25N3O2. The first kappa shape index (κ1) is 15.1. The van der Waals surface area contributed by atoms with Crippen molar-refractivity contribution in [2.75, 3.05) is 13.1 Å². The number of rotatable bonds is 4. The lowest BCUT2D eigenvalue weighted by Crippen LogP contribution is -2.51. The Hall–Kier alpha value is -1.33. The molecule has 2 heterocycles. The fourth-order valence-corrected chi connectivity index (χ4v) is 2.45. The van der Waals surface area contributed by atoms with Gasteiger partial charge in [-0.1, -0.05) is 0 Å². The number of nitrogens with zero attached hydrogens (tertiary/aromatic N) is 1. The number of carbonyl (C=O) groups is 1. The standard InChI is InChI=1S/C15H25N3O2/c1-11(19)15(2,3)17-14(20)13-5-4-10-18(13)12-6-8-16-9-7-12/h4-5,10-12,16,19H,6-9H2,1-3H3,(H,17,20). The van der Waals surface area contributed by atoms with Gasteiger partial charge in [-0.2, -0.15) is 0 Å². The average molecular weight is 279 g/mol. The molecular weight excluding hydrogens is 254 g/mol. The van der Waals surface area contributed by atoms with Gasteiger partial charge >= 0.3 is 0 Å². The number of nitrogens with one attached hydrogen (secondary N) is 2. The molecule has 0 spiro atoms. The Bertz CT molecular complexity index is 459. The third-order valence-corrected chi connectivity index (χ3v) is 4.19. The predicted molar refractivity (Wildman–Crippen MR) is 78.8 cm³/mol. The highest BCUT2D eigenvalue weighted by Crippen LogP contribution is 2.21. The van der Waals surface area contributed by atoms with Crippen LogP contribution in [0, 0.1) is 0 Å². The molecule has 0 bridgehead atoms. The van der Waals surface area contributed by atoms with E-state index in [1.165, 1.54) is 0 Å². The van der Waals surface area contributed by atoms with Crippen LogP contribution in [0.5, 0.6) is 0 Å². The van der Waals surface area contributed by atoms with E-state index in [-0.39, 0.29) is 5.91 Å². The number of aliphatic hydroxyl groups excluding tert-OH is 1. The Labute approximate surface area is 120 Å². The zero-order chi connectivity index (χ0) is 14.8. The minimum Gasteiger partial charge on any atom is -0.391 e. The molecule has 112 valence electrons. The number of hydrogen-bond donors (Lipinski definition) is 3. The smallest absolute Gasteiger partial charge is 0.268 e. The van der Waals surface area contributed by atoms with Gasteiger partial charge in [0.15, 0.2) is 0 Å². The summed E-state index contributed by atoms with van der Waals surface area (Å²) in [5, 5.41) is 16.0. The summed E-state index contributed by atoms with van der Waals surface area (Å²) in [5.74, 6) is -0.126. The number of piperidine rings is 1. The Kier molecular flexibility index (Phi) is 4.50. The fourth-order valence-electron chi connectivity index (χ4n) is 2.45. The highest BCUT2D eigenvalue weighted by molar-refractivity contribution is 5.93. The quantitative estimate of drug-likeness (QED) is 0.778. The van der Waals surface area contributed by atoms with Crippen LogP contribution in [0.15, 0.2) is 18.3 Å². The Balaban J connectivity index is 2.13. The molecule has 1 aromatic rings. The van der Waals surface area contributed by atoms with E-state index in [0.717, 1.165) is 25.9 Å². The number of aromatic nitrogens is 1. The highest BCUT2D eigenvalue weighted by atomic mass is 16.3. The molecule has 0 aromatic carbocycles. The number of aliphatic hydroxyl groups is 1. The number of amides is 1. The van der Waals surface area contributed by atoms with Gasteiger partial charge in [0.2, 0.25) is 0 Å². The fraction of sp³-hybridized carbons (Fsp3) is 0.667. The van der Waals surface area contributed by atoms with Crippen LogP contribution in [-0.2, 0) is 0 Å². The molecule has 0 saturated carbocycles. The highest BCUT2D eigenvalue weighted by Gasteiger charge is 2.28. The van der Waals surface area contributed by atoms with Crippen molar-refractivity contribution in [3.05, 3.63) is 24.0 Å². The minimum atomic E-state index is -0.639. The molecule has 1 fully saturated rings. The third-order valence-electron chi connectivity index (χ3n) is 4.19. The van der Waals surface area contributed by atoms with E-state index in [1.54, 1.807) is 6.92 Å². The first-order valence-electron chi connectivity index (χ1n) is 7.30. The molecule has 1 aliphatic heterocycles. The molecule has 20 heavy (non-hydrogen) atoms. The van der Waals surface area contributed by atoms with Gasteiger partial charge in [-0.05, 0) is 58.8 Å². The molecule has 1 aromatic heterocycles. The van der Waals surface area contributed by atoms with Gasteiger partial charge in [-0.25, -0.2) is 0 Å². The van der Waals surface area contributed by atoms with Crippen LogP contribution in [-0.4, -0.2) is 40.3 Å². The van der Waals surface area contributed by atoms with Gasteiger partial charge in [0.05, 0.1) is 11.6 Å². The van der Waals surface area contributed by atoms with Crippen LogP contribution < -0.4 is 10.6 Å². The summed E-state index contributed by atoms with van der Waals surface area (Å²) in [4.78, 5) is 12.4. The number of hydrogen-bond acceptors (Lipinski definition) is 3. The summed E-state index contributed by atoms with van der Waals surface area (Å²) >= 11 is 0. The molecule has 1 saturated heterocycles. The maximum atomic E-state index is 12.4. The summed E-state index contributed by atoms with van der Waals surface area (Å²) in [6.07, 6.45) is 3.44. The van der Waals surface area contributed by atoms with Crippen molar-refractivity contribution in [2.45, 2.75) is 51.3 Å². The predicted octanol–water partition coefficient (Wildman–Crippen LogP) is 1.30. The summed E-state index contributed by atoms with van der Waals surface area (Å²) in [6.45, 7) is 7.32. The molecule has 5 nitrogen and oxygen atoms in total. The zero-order valence-corrected chi connectivity index (χ0v) is 12.5. The van der Waals surface area contributed by atoms with E-state index >= 15 is 0 Å². The molecule has 0 radical (unpaired) electrons. The maximum absolute atomic E-state index is 12.4. The lowest BCUT2D eigenvalue weighted by atomic mass is 9.98. The Morgan fingerprint density at radius 3 is 2.75 bits per heavy atom. The first-order valence-corrected chi connectivity index (χ1v) is 7.30. The van der Waals surface area contributed by atoms with E-state index in [0.29, 0.717) is 11.7 Å². The normalized spacial score (nSPS) is 18.8.